The molecule has 0 fully saturated rings. The zero-order valence-electron chi connectivity index (χ0n) is 44.6. The van der Waals surface area contributed by atoms with E-state index in [1.54, 1.807) is 0 Å². The summed E-state index contributed by atoms with van der Waals surface area (Å²) in [5.41, 5.74) is 0. The average Bonchev–Trinajstić information content (AvgIpc) is 3.28. The number of unbranched alkanes of at least 4 members (excludes halogenated alkanes) is 30. The van der Waals surface area contributed by atoms with Crippen LogP contribution in [-0.2, 0) is 27.9 Å². The molecule has 0 heterocycles. The number of phosphoric ester groups is 1. The van der Waals surface area contributed by atoms with Gasteiger partial charge >= 0.3 is 5.97 Å². The normalized spacial score (nSPS) is 14.2. The molecule has 0 aromatic heterocycles. The van der Waals surface area contributed by atoms with Crippen LogP contribution in [0.25, 0.3) is 0 Å². The third-order valence-electron chi connectivity index (χ3n) is 12.3. The van der Waals surface area contributed by atoms with E-state index >= 15 is 0 Å². The summed E-state index contributed by atoms with van der Waals surface area (Å²) in [7, 11) is 1.18. The van der Waals surface area contributed by atoms with Crippen molar-refractivity contribution in [1.29, 1.82) is 0 Å². The SMILES string of the molecule is CC/C=C/C=C/C=C/CCCCCCCCCC(=O)OC(/C=C/CCCCCCCCCCC)C(COP(=O)([O-])OCC[N+](C)(C)C)NC(=O)CCCCCCCCCCCCCCCCC. The van der Waals surface area contributed by atoms with Crippen molar-refractivity contribution in [3.63, 3.8) is 0 Å². The molecule has 0 aliphatic rings. The van der Waals surface area contributed by atoms with Crippen LogP contribution in [0.5, 0.6) is 0 Å². The number of carbonyl (C=O) groups is 2. The predicted octanol–water partition coefficient (Wildman–Crippen LogP) is 15.9. The summed E-state index contributed by atoms with van der Waals surface area (Å²) >= 11 is 0. The molecule has 3 unspecified atom stereocenters. The molecule has 0 radical (unpaired) electrons. The van der Waals surface area contributed by atoms with Gasteiger partial charge < -0.3 is 28.5 Å². The lowest BCUT2D eigenvalue weighted by Gasteiger charge is -2.30. The molecule has 1 N–H and O–H groups in total. The van der Waals surface area contributed by atoms with Gasteiger partial charge in [0, 0.05) is 12.8 Å². The van der Waals surface area contributed by atoms with Gasteiger partial charge in [-0.25, -0.2) is 0 Å². The van der Waals surface area contributed by atoms with Crippen LogP contribution < -0.4 is 10.2 Å². The summed E-state index contributed by atoms with van der Waals surface area (Å²) in [5, 5.41) is 3.02. The molecule has 0 aliphatic heterocycles. The fraction of sp³-hybridized carbons (Fsp3) is 0.825. The molecule has 0 bridgehead atoms. The number of hydrogen-bond donors (Lipinski definition) is 1. The van der Waals surface area contributed by atoms with Gasteiger partial charge in [-0.05, 0) is 51.0 Å². The first-order valence-corrected chi connectivity index (χ1v) is 29.4. The maximum atomic E-state index is 13.5. The van der Waals surface area contributed by atoms with E-state index in [1.807, 2.05) is 33.3 Å². The second kappa shape index (κ2) is 47.6. The van der Waals surface area contributed by atoms with Crippen LogP contribution in [0.3, 0.4) is 0 Å². The van der Waals surface area contributed by atoms with Gasteiger partial charge in [-0.2, -0.15) is 0 Å². The summed E-state index contributed by atoms with van der Waals surface area (Å²) in [6.45, 7) is 6.70. The van der Waals surface area contributed by atoms with E-state index in [4.69, 9.17) is 13.8 Å². The molecule has 0 aromatic carbocycles. The number of ether oxygens (including phenoxy) is 1. The Morgan fingerprint density at radius 2 is 0.955 bits per heavy atom. The van der Waals surface area contributed by atoms with E-state index in [2.05, 4.69) is 62.5 Å². The summed E-state index contributed by atoms with van der Waals surface area (Å²) in [5.74, 6) is -0.550. The second-order valence-electron chi connectivity index (χ2n) is 20.1. The molecule has 9 nitrogen and oxygen atoms in total. The first-order chi connectivity index (χ1) is 32.4. The van der Waals surface area contributed by atoms with Crippen LogP contribution in [0.1, 0.15) is 252 Å². The fourth-order valence-electron chi connectivity index (χ4n) is 7.99. The Hall–Kier alpha value is -2.03. The molecule has 3 atom stereocenters. The second-order valence-corrected chi connectivity index (χ2v) is 21.5. The topological polar surface area (TPSA) is 114 Å². The van der Waals surface area contributed by atoms with Gasteiger partial charge in [-0.1, -0.05) is 237 Å². The van der Waals surface area contributed by atoms with Gasteiger partial charge in [0.1, 0.15) is 19.3 Å². The quantitative estimate of drug-likeness (QED) is 0.0161. The van der Waals surface area contributed by atoms with Crippen molar-refractivity contribution in [2.75, 3.05) is 40.9 Å². The number of nitrogens with zero attached hydrogens (tertiary/aromatic N) is 1. The first kappa shape index (κ1) is 65.0. The number of hydrogen-bond acceptors (Lipinski definition) is 7. The molecular formula is C57H107N2O7P. The number of carbonyl (C=O) groups excluding carboxylic acids is 2. The number of esters is 1. The molecule has 0 aromatic rings. The first-order valence-electron chi connectivity index (χ1n) is 28.0. The standard InChI is InChI=1S/C57H107N2O7P/c1-7-10-13-16-19-22-25-27-29-31-34-37-40-43-46-49-56(60)58-54(53-65-67(62,63)64-52-51-59(4,5)6)55(48-45-42-39-36-33-24-21-18-15-12-9-3)66-57(61)50-47-44-41-38-35-32-30-28-26-23-20-17-14-11-8-2/h11,14,17,20,23,26,45,48,54-55H,7-10,12-13,15-16,18-19,21-22,24-25,27-44,46-47,49-53H2,1-6H3,(H-,58,60,62,63)/b14-11+,20-17+,26-23+,48-45+. The maximum absolute atomic E-state index is 13.5. The van der Waals surface area contributed by atoms with Gasteiger partial charge in [0.2, 0.25) is 5.91 Å². The summed E-state index contributed by atoms with van der Waals surface area (Å²) < 4.78 is 30.2. The lowest BCUT2D eigenvalue weighted by atomic mass is 10.0. The Morgan fingerprint density at radius 3 is 1.42 bits per heavy atom. The molecule has 10 heteroatoms. The number of quaternary nitrogens is 1. The number of allylic oxidation sites excluding steroid dienone is 7. The summed E-state index contributed by atoms with van der Waals surface area (Å²) in [6.07, 6.45) is 56.4. The zero-order valence-corrected chi connectivity index (χ0v) is 45.5. The van der Waals surface area contributed by atoms with Gasteiger partial charge in [-0.15, -0.1) is 0 Å². The highest BCUT2D eigenvalue weighted by Crippen LogP contribution is 2.38. The number of rotatable bonds is 50. The highest BCUT2D eigenvalue weighted by atomic mass is 31.2. The number of amides is 1. The van der Waals surface area contributed by atoms with Crippen molar-refractivity contribution in [1.82, 2.24) is 5.32 Å². The third-order valence-corrected chi connectivity index (χ3v) is 13.3. The number of likely N-dealkylation sites (N-methyl/N-ethyl adjacent to an activating group) is 1. The Bertz CT molecular complexity index is 1290. The Kier molecular flexibility index (Phi) is 46.2. The molecule has 67 heavy (non-hydrogen) atoms. The molecule has 0 saturated heterocycles. The largest absolute Gasteiger partial charge is 0.756 e. The minimum absolute atomic E-state index is 0.0237. The van der Waals surface area contributed by atoms with Crippen LogP contribution in [0.15, 0.2) is 48.6 Å². The van der Waals surface area contributed by atoms with Gasteiger partial charge in [0.05, 0.1) is 33.8 Å². The van der Waals surface area contributed by atoms with Crippen molar-refractivity contribution in [2.24, 2.45) is 0 Å². The third kappa shape index (κ3) is 48.8. The van der Waals surface area contributed by atoms with Crippen LogP contribution in [0.2, 0.25) is 0 Å². The molecular weight excluding hydrogens is 856 g/mol. The van der Waals surface area contributed by atoms with E-state index in [-0.39, 0.29) is 24.9 Å². The minimum Gasteiger partial charge on any atom is -0.756 e. The van der Waals surface area contributed by atoms with E-state index in [0.717, 1.165) is 77.0 Å². The van der Waals surface area contributed by atoms with E-state index in [0.29, 0.717) is 17.4 Å². The summed E-state index contributed by atoms with van der Waals surface area (Å²) in [6, 6.07) is -0.889. The average molecular weight is 963 g/mol. The van der Waals surface area contributed by atoms with Crippen molar-refractivity contribution in [3.8, 4) is 0 Å². The molecule has 0 aliphatic carbocycles. The van der Waals surface area contributed by atoms with Crippen LogP contribution in [-0.4, -0.2) is 69.4 Å². The smallest absolute Gasteiger partial charge is 0.306 e. The summed E-state index contributed by atoms with van der Waals surface area (Å²) in [4.78, 5) is 39.8. The highest BCUT2D eigenvalue weighted by Gasteiger charge is 2.27. The molecule has 0 spiro atoms. The zero-order chi connectivity index (χ0) is 49.4. The number of phosphoric acid groups is 1. The Balaban J connectivity index is 5.34. The van der Waals surface area contributed by atoms with Gasteiger partial charge in [-0.3, -0.25) is 14.2 Å². The monoisotopic (exact) mass is 963 g/mol. The van der Waals surface area contributed by atoms with Crippen LogP contribution in [0.4, 0.5) is 0 Å². The van der Waals surface area contributed by atoms with Crippen molar-refractivity contribution >= 4 is 19.7 Å². The predicted molar refractivity (Wildman–Crippen MR) is 284 cm³/mol. The molecule has 0 rings (SSSR count). The van der Waals surface area contributed by atoms with Crippen molar-refractivity contribution in [3.05, 3.63) is 48.6 Å². The molecule has 392 valence electrons. The van der Waals surface area contributed by atoms with Crippen LogP contribution >= 0.6 is 7.82 Å². The van der Waals surface area contributed by atoms with E-state index in [9.17, 15) is 19.0 Å². The van der Waals surface area contributed by atoms with Crippen molar-refractivity contribution < 1.29 is 37.3 Å². The Morgan fingerprint density at radius 1 is 0.537 bits per heavy atom. The fourth-order valence-corrected chi connectivity index (χ4v) is 8.72. The Labute approximate surface area is 414 Å². The van der Waals surface area contributed by atoms with Gasteiger partial charge in [0.25, 0.3) is 7.82 Å². The molecule has 0 saturated carbocycles. The van der Waals surface area contributed by atoms with Gasteiger partial charge in [0.15, 0.2) is 0 Å². The lowest BCUT2D eigenvalue weighted by molar-refractivity contribution is -0.870. The van der Waals surface area contributed by atoms with Crippen LogP contribution in [0, 0.1) is 0 Å². The maximum Gasteiger partial charge on any atom is 0.306 e. The highest BCUT2D eigenvalue weighted by molar-refractivity contribution is 7.45. The minimum atomic E-state index is -4.69. The number of nitrogens with one attached hydrogen (secondary N) is 1. The lowest BCUT2D eigenvalue weighted by Crippen LogP contribution is -2.47. The van der Waals surface area contributed by atoms with E-state index < -0.39 is 26.6 Å². The molecule has 1 amide bonds. The van der Waals surface area contributed by atoms with E-state index in [1.165, 1.54) is 141 Å². The van der Waals surface area contributed by atoms with Crippen molar-refractivity contribution in [2.45, 2.75) is 264 Å².